The lowest BCUT2D eigenvalue weighted by atomic mass is 10.4. The topological polar surface area (TPSA) is 41.3 Å². The number of nitrogens with zero attached hydrogens (tertiary/aromatic N) is 3. The van der Waals surface area contributed by atoms with Crippen LogP contribution in [0.2, 0.25) is 0 Å². The first-order valence-corrected chi connectivity index (χ1v) is 4.21. The molecular weight excluding hydrogens is 154 g/mol. The minimum absolute atomic E-state index is 0.573. The number of fused-ring (bicyclic) bond motifs is 1. The van der Waals surface area contributed by atoms with Gasteiger partial charge in [-0.05, 0) is 13.8 Å². The van der Waals surface area contributed by atoms with Crippen LogP contribution < -0.4 is 0 Å². The van der Waals surface area contributed by atoms with E-state index in [2.05, 4.69) is 16.5 Å². The molecule has 0 unspecified atom stereocenters. The van der Waals surface area contributed by atoms with E-state index in [-0.39, 0.29) is 0 Å². The predicted octanol–water partition coefficient (Wildman–Crippen LogP) is 0.916. The Hall–Kier alpha value is -0.870. The van der Waals surface area contributed by atoms with Crippen LogP contribution in [0, 0.1) is 6.92 Å². The summed E-state index contributed by atoms with van der Waals surface area (Å²) in [7, 11) is 0. The number of aromatic nitrogens is 2. The number of aryl methyl sites for hydroxylation is 1. The molecule has 2 rings (SSSR count). The Kier molecular flexibility index (Phi) is 1.66. The lowest BCUT2D eigenvalue weighted by Gasteiger charge is -2.07. The largest absolute Gasteiger partial charge is 0.331 e. The van der Waals surface area contributed by atoms with Gasteiger partial charge in [0.25, 0.3) is 0 Å². The van der Waals surface area contributed by atoms with Crippen molar-refractivity contribution in [1.82, 2.24) is 14.6 Å². The third-order valence-corrected chi connectivity index (χ3v) is 2.33. The number of rotatable bonds is 1. The van der Waals surface area contributed by atoms with Gasteiger partial charge in [-0.25, -0.2) is 4.98 Å². The van der Waals surface area contributed by atoms with E-state index in [9.17, 15) is 5.21 Å². The van der Waals surface area contributed by atoms with Crippen LogP contribution in [-0.4, -0.2) is 19.8 Å². The van der Waals surface area contributed by atoms with E-state index in [4.69, 9.17) is 0 Å². The van der Waals surface area contributed by atoms with Crippen LogP contribution in [0.5, 0.6) is 0 Å². The Balaban J connectivity index is 2.44. The summed E-state index contributed by atoms with van der Waals surface area (Å²) in [6, 6.07) is 0. The summed E-state index contributed by atoms with van der Waals surface area (Å²) in [6.45, 7) is 6.22. The molecule has 0 amide bonds. The van der Waals surface area contributed by atoms with Gasteiger partial charge in [0, 0.05) is 6.54 Å². The van der Waals surface area contributed by atoms with Gasteiger partial charge in [0.2, 0.25) is 0 Å². The lowest BCUT2D eigenvalue weighted by Crippen LogP contribution is -2.12. The first-order chi connectivity index (χ1) is 5.72. The maximum absolute atomic E-state index is 9.23. The minimum atomic E-state index is 0.573. The molecule has 0 aromatic carbocycles. The fourth-order valence-electron chi connectivity index (χ4n) is 1.80. The Morgan fingerprint density at radius 2 is 2.25 bits per heavy atom. The summed E-state index contributed by atoms with van der Waals surface area (Å²) in [6.07, 6.45) is 0. The standard InChI is InChI=1S/C8H13N3O/c1-3-11-6(2)9-7-4-10(12)5-8(7)11/h12H,3-5H2,1-2H3. The number of hydrogen-bond acceptors (Lipinski definition) is 3. The maximum Gasteiger partial charge on any atom is 0.106 e. The summed E-state index contributed by atoms with van der Waals surface area (Å²) in [5.74, 6) is 1.05. The number of imidazole rings is 1. The zero-order valence-corrected chi connectivity index (χ0v) is 7.41. The van der Waals surface area contributed by atoms with Crippen LogP contribution in [0.15, 0.2) is 0 Å². The molecule has 4 nitrogen and oxygen atoms in total. The highest BCUT2D eigenvalue weighted by Crippen LogP contribution is 2.21. The van der Waals surface area contributed by atoms with Crippen LogP contribution >= 0.6 is 0 Å². The van der Waals surface area contributed by atoms with Gasteiger partial charge in [-0.2, -0.15) is 5.06 Å². The van der Waals surface area contributed by atoms with Crippen molar-refractivity contribution in [2.24, 2.45) is 0 Å². The van der Waals surface area contributed by atoms with Gasteiger partial charge in [-0.15, -0.1) is 0 Å². The molecule has 0 fully saturated rings. The molecule has 0 aliphatic carbocycles. The Bertz CT molecular complexity index is 305. The van der Waals surface area contributed by atoms with E-state index in [0.29, 0.717) is 13.1 Å². The molecule has 1 aromatic rings. The molecule has 0 radical (unpaired) electrons. The summed E-state index contributed by atoms with van der Waals surface area (Å²) >= 11 is 0. The zero-order valence-electron chi connectivity index (χ0n) is 7.41. The summed E-state index contributed by atoms with van der Waals surface area (Å²) in [5.41, 5.74) is 2.19. The summed E-state index contributed by atoms with van der Waals surface area (Å²) in [4.78, 5) is 4.37. The lowest BCUT2D eigenvalue weighted by molar-refractivity contribution is -0.0986. The van der Waals surface area contributed by atoms with Crippen molar-refractivity contribution >= 4 is 0 Å². The number of hydroxylamine groups is 2. The van der Waals surface area contributed by atoms with Gasteiger partial charge in [0.15, 0.2) is 0 Å². The molecule has 4 heteroatoms. The molecule has 1 aliphatic heterocycles. The molecule has 0 atom stereocenters. The fraction of sp³-hybridized carbons (Fsp3) is 0.625. The summed E-state index contributed by atoms with van der Waals surface area (Å²) in [5, 5.41) is 10.5. The van der Waals surface area contributed by atoms with Crippen molar-refractivity contribution in [1.29, 1.82) is 0 Å². The predicted molar refractivity (Wildman–Crippen MR) is 43.7 cm³/mol. The van der Waals surface area contributed by atoms with Gasteiger partial charge >= 0.3 is 0 Å². The smallest absolute Gasteiger partial charge is 0.106 e. The Morgan fingerprint density at radius 3 is 2.92 bits per heavy atom. The monoisotopic (exact) mass is 167 g/mol. The van der Waals surface area contributed by atoms with E-state index in [1.54, 1.807) is 0 Å². The highest BCUT2D eigenvalue weighted by Gasteiger charge is 2.23. The molecular formula is C8H13N3O. The summed E-state index contributed by atoms with van der Waals surface area (Å²) < 4.78 is 2.14. The maximum atomic E-state index is 9.23. The number of hydrogen-bond donors (Lipinski definition) is 1. The molecule has 0 saturated heterocycles. The average Bonchev–Trinajstić information content (AvgIpc) is 2.43. The SMILES string of the molecule is CCn1c(C)nc2c1CN(O)C2. The van der Waals surface area contributed by atoms with E-state index < -0.39 is 0 Å². The second kappa shape index (κ2) is 2.57. The Labute approximate surface area is 71.4 Å². The van der Waals surface area contributed by atoms with Crippen LogP contribution in [0.25, 0.3) is 0 Å². The first kappa shape index (κ1) is 7.76. The molecule has 66 valence electrons. The molecule has 1 aromatic heterocycles. The fourth-order valence-corrected chi connectivity index (χ4v) is 1.80. The molecule has 1 N–H and O–H groups in total. The van der Waals surface area contributed by atoms with Crippen molar-refractivity contribution in [3.63, 3.8) is 0 Å². The first-order valence-electron chi connectivity index (χ1n) is 4.21. The van der Waals surface area contributed by atoms with Crippen molar-refractivity contribution in [2.45, 2.75) is 33.5 Å². The minimum Gasteiger partial charge on any atom is -0.331 e. The second-order valence-corrected chi connectivity index (χ2v) is 3.12. The van der Waals surface area contributed by atoms with Crippen molar-refractivity contribution < 1.29 is 5.21 Å². The Morgan fingerprint density at radius 1 is 1.50 bits per heavy atom. The van der Waals surface area contributed by atoms with Crippen LogP contribution in [-0.2, 0) is 19.6 Å². The highest BCUT2D eigenvalue weighted by molar-refractivity contribution is 5.20. The van der Waals surface area contributed by atoms with Crippen molar-refractivity contribution in [2.75, 3.05) is 0 Å². The van der Waals surface area contributed by atoms with Crippen LogP contribution in [0.4, 0.5) is 0 Å². The van der Waals surface area contributed by atoms with Crippen molar-refractivity contribution in [3.8, 4) is 0 Å². The molecule has 0 saturated carbocycles. The van der Waals surface area contributed by atoms with Crippen LogP contribution in [0.3, 0.4) is 0 Å². The second-order valence-electron chi connectivity index (χ2n) is 3.12. The molecule has 1 aliphatic rings. The molecule has 2 heterocycles. The molecule has 12 heavy (non-hydrogen) atoms. The van der Waals surface area contributed by atoms with Crippen LogP contribution in [0.1, 0.15) is 24.1 Å². The third kappa shape index (κ3) is 0.956. The van der Waals surface area contributed by atoms with E-state index in [0.717, 1.165) is 23.8 Å². The van der Waals surface area contributed by atoms with Gasteiger partial charge < -0.3 is 9.77 Å². The van der Waals surface area contributed by atoms with E-state index in [1.807, 2.05) is 6.92 Å². The molecule has 0 spiro atoms. The highest BCUT2D eigenvalue weighted by atomic mass is 16.5. The third-order valence-electron chi connectivity index (χ3n) is 2.33. The zero-order chi connectivity index (χ0) is 8.72. The van der Waals surface area contributed by atoms with E-state index in [1.165, 1.54) is 5.06 Å². The van der Waals surface area contributed by atoms with Crippen molar-refractivity contribution in [3.05, 3.63) is 17.2 Å². The average molecular weight is 167 g/mol. The van der Waals surface area contributed by atoms with Gasteiger partial charge in [0.1, 0.15) is 5.82 Å². The quantitative estimate of drug-likeness (QED) is 0.676. The van der Waals surface area contributed by atoms with Gasteiger partial charge in [0.05, 0.1) is 24.5 Å². The van der Waals surface area contributed by atoms with E-state index >= 15 is 0 Å². The van der Waals surface area contributed by atoms with Gasteiger partial charge in [-0.3, -0.25) is 0 Å². The van der Waals surface area contributed by atoms with Gasteiger partial charge in [-0.1, -0.05) is 0 Å². The normalized spacial score (nSPS) is 16.9. The molecule has 0 bridgehead atoms.